The molecule has 3 aromatic heterocycles. The second-order valence-corrected chi connectivity index (χ2v) is 7.97. The summed E-state index contributed by atoms with van der Waals surface area (Å²) in [6.45, 7) is 3.39. The third kappa shape index (κ3) is 2.84. The Labute approximate surface area is 151 Å². The molecule has 8 nitrogen and oxygen atoms in total. The highest BCUT2D eigenvalue weighted by Crippen LogP contribution is 2.52. The van der Waals surface area contributed by atoms with E-state index in [4.69, 9.17) is 5.73 Å². The lowest BCUT2D eigenvalue weighted by molar-refractivity contribution is 0.0114. The molecule has 26 heavy (non-hydrogen) atoms. The summed E-state index contributed by atoms with van der Waals surface area (Å²) in [6.07, 6.45) is 10.2. The van der Waals surface area contributed by atoms with Crippen molar-refractivity contribution in [1.29, 1.82) is 0 Å². The zero-order valence-electron chi connectivity index (χ0n) is 14.8. The van der Waals surface area contributed by atoms with Gasteiger partial charge in [0, 0.05) is 19.2 Å². The average molecular weight is 352 g/mol. The number of rotatable bonds is 4. The number of piperidine rings is 1. The maximum atomic E-state index is 5.88. The van der Waals surface area contributed by atoms with Crippen LogP contribution >= 0.6 is 0 Å². The molecule has 0 aromatic carbocycles. The summed E-state index contributed by atoms with van der Waals surface area (Å²) >= 11 is 0. The van der Waals surface area contributed by atoms with Gasteiger partial charge < -0.3 is 11.1 Å². The van der Waals surface area contributed by atoms with Crippen LogP contribution in [0.1, 0.15) is 36.8 Å². The number of hydrogen-bond donors (Lipinski definition) is 3. The molecule has 1 saturated heterocycles. The second kappa shape index (κ2) is 6.05. The predicted molar refractivity (Wildman–Crippen MR) is 98.4 cm³/mol. The van der Waals surface area contributed by atoms with Crippen LogP contribution in [0.4, 0.5) is 5.82 Å². The van der Waals surface area contributed by atoms with Crippen LogP contribution in [-0.2, 0) is 13.0 Å². The van der Waals surface area contributed by atoms with Crippen molar-refractivity contribution in [2.24, 2.45) is 11.3 Å². The first-order valence-electron chi connectivity index (χ1n) is 9.37. The monoisotopic (exact) mass is 352 g/mol. The van der Waals surface area contributed by atoms with Crippen LogP contribution < -0.4 is 11.1 Å². The number of hydrogen-bond acceptors (Lipinski definition) is 6. The van der Waals surface area contributed by atoms with Gasteiger partial charge in [0.15, 0.2) is 0 Å². The summed E-state index contributed by atoms with van der Waals surface area (Å²) in [6, 6.07) is 1.87. The zero-order chi connectivity index (χ0) is 17.6. The first-order chi connectivity index (χ1) is 12.7. The Morgan fingerprint density at radius 3 is 2.92 bits per heavy atom. The Bertz CT molecular complexity index is 912. The number of nitrogens with one attached hydrogen (secondary N) is 2. The molecule has 2 aliphatic rings. The van der Waals surface area contributed by atoms with Gasteiger partial charge in [-0.25, -0.2) is 4.98 Å². The molecule has 1 aliphatic carbocycles. The number of fused-ring (bicyclic) bond motifs is 1. The molecule has 4 heterocycles. The largest absolute Gasteiger partial charge is 0.384 e. The van der Waals surface area contributed by atoms with Crippen molar-refractivity contribution in [3.05, 3.63) is 29.6 Å². The number of H-pyrrole nitrogens is 1. The molecule has 1 aliphatic heterocycles. The molecular weight excluding hydrogens is 328 g/mol. The molecule has 1 spiro atoms. The Balaban J connectivity index is 1.25. The number of aromatic nitrogens is 6. The van der Waals surface area contributed by atoms with Gasteiger partial charge in [-0.05, 0) is 67.3 Å². The van der Waals surface area contributed by atoms with E-state index in [1.165, 1.54) is 38.8 Å². The first kappa shape index (κ1) is 15.7. The summed E-state index contributed by atoms with van der Waals surface area (Å²) in [5.41, 5.74) is 10.0. The van der Waals surface area contributed by atoms with E-state index in [1.54, 1.807) is 0 Å². The third-order valence-electron chi connectivity index (χ3n) is 6.02. The van der Waals surface area contributed by atoms with Crippen molar-refractivity contribution in [2.45, 2.75) is 38.6 Å². The van der Waals surface area contributed by atoms with Crippen LogP contribution in [0.25, 0.3) is 11.2 Å². The molecule has 136 valence electrons. The van der Waals surface area contributed by atoms with E-state index in [1.807, 2.05) is 12.3 Å². The van der Waals surface area contributed by atoms with E-state index in [-0.39, 0.29) is 0 Å². The highest BCUT2D eigenvalue weighted by atomic mass is 15.3. The fourth-order valence-corrected chi connectivity index (χ4v) is 4.80. The van der Waals surface area contributed by atoms with Gasteiger partial charge in [0.25, 0.3) is 0 Å². The van der Waals surface area contributed by atoms with Crippen molar-refractivity contribution in [3.8, 4) is 0 Å². The lowest BCUT2D eigenvalue weighted by Gasteiger charge is -2.50. The first-order valence-corrected chi connectivity index (χ1v) is 9.37. The van der Waals surface area contributed by atoms with Crippen LogP contribution in [0.15, 0.2) is 18.5 Å². The van der Waals surface area contributed by atoms with E-state index in [9.17, 15) is 0 Å². The second-order valence-electron chi connectivity index (χ2n) is 7.97. The van der Waals surface area contributed by atoms with Crippen molar-refractivity contribution in [1.82, 2.24) is 35.5 Å². The summed E-state index contributed by atoms with van der Waals surface area (Å²) < 4.78 is 2.10. The molecule has 3 aromatic rings. The van der Waals surface area contributed by atoms with Crippen molar-refractivity contribution in [2.75, 3.05) is 18.8 Å². The van der Waals surface area contributed by atoms with E-state index < -0.39 is 0 Å². The maximum absolute atomic E-state index is 5.88. The number of anilines is 1. The van der Waals surface area contributed by atoms with Gasteiger partial charge >= 0.3 is 0 Å². The van der Waals surface area contributed by atoms with E-state index in [0.29, 0.717) is 16.9 Å². The molecule has 0 radical (unpaired) electrons. The highest BCUT2D eigenvalue weighted by Gasteiger charge is 2.44. The predicted octanol–water partition coefficient (Wildman–Crippen LogP) is 1.50. The van der Waals surface area contributed by atoms with Crippen LogP contribution in [0.2, 0.25) is 0 Å². The van der Waals surface area contributed by atoms with Crippen LogP contribution in [0.3, 0.4) is 0 Å². The van der Waals surface area contributed by atoms with Crippen molar-refractivity contribution in [3.63, 3.8) is 0 Å². The number of nitrogens with zero attached hydrogens (tertiary/aromatic N) is 5. The van der Waals surface area contributed by atoms with Gasteiger partial charge in [0.2, 0.25) is 5.65 Å². The highest BCUT2D eigenvalue weighted by molar-refractivity contribution is 5.76. The van der Waals surface area contributed by atoms with Crippen LogP contribution in [0.5, 0.6) is 0 Å². The molecule has 0 amide bonds. The van der Waals surface area contributed by atoms with Gasteiger partial charge in [0.05, 0.1) is 6.20 Å². The molecule has 0 unspecified atom stereocenters. The number of nitrogens with two attached hydrogens (primary N) is 1. The molecule has 5 rings (SSSR count). The van der Waals surface area contributed by atoms with Crippen molar-refractivity contribution >= 4 is 17.0 Å². The van der Waals surface area contributed by atoms with E-state index >= 15 is 0 Å². The molecule has 1 saturated carbocycles. The summed E-state index contributed by atoms with van der Waals surface area (Å²) in [5, 5.41) is 18.9. The summed E-state index contributed by atoms with van der Waals surface area (Å²) in [5.74, 6) is 1.23. The molecule has 0 bridgehead atoms. The van der Waals surface area contributed by atoms with Crippen LogP contribution in [-0.4, -0.2) is 43.3 Å². The Kier molecular flexibility index (Phi) is 3.66. The lowest BCUT2D eigenvalue weighted by Crippen LogP contribution is -2.46. The normalized spacial score (nSPS) is 19.8. The van der Waals surface area contributed by atoms with E-state index in [2.05, 4.69) is 41.7 Å². The molecular formula is C18H24N8. The number of nitrogen functional groups attached to an aromatic ring is 1. The van der Waals surface area contributed by atoms with Crippen molar-refractivity contribution < 1.29 is 0 Å². The minimum Gasteiger partial charge on any atom is -0.384 e. The van der Waals surface area contributed by atoms with E-state index in [0.717, 1.165) is 35.5 Å². The number of pyridine rings is 1. The topological polar surface area (TPSA) is 110 Å². The van der Waals surface area contributed by atoms with Gasteiger partial charge in [-0.1, -0.05) is 0 Å². The Morgan fingerprint density at radius 1 is 1.23 bits per heavy atom. The average Bonchev–Trinajstić information content (AvgIpc) is 3.24. The smallest absolute Gasteiger partial charge is 0.203 e. The minimum atomic E-state index is 0.468. The van der Waals surface area contributed by atoms with Gasteiger partial charge in [-0.2, -0.15) is 15.4 Å². The van der Waals surface area contributed by atoms with Crippen LogP contribution in [0, 0.1) is 11.3 Å². The fourth-order valence-electron chi connectivity index (χ4n) is 4.80. The van der Waals surface area contributed by atoms with Gasteiger partial charge in [-0.3, -0.25) is 4.68 Å². The zero-order valence-corrected chi connectivity index (χ0v) is 14.8. The quantitative estimate of drug-likeness (QED) is 0.656. The fraction of sp³-hybridized carbons (Fsp3) is 0.556. The summed E-state index contributed by atoms with van der Waals surface area (Å²) in [4.78, 5) is 4.19. The maximum Gasteiger partial charge on any atom is 0.203 e. The SMILES string of the molecule is Nc1cc(Cc2cnn(CC3CC4(CCNCC4)C3)c2)c2n[nH]nc2n1. The molecule has 4 N–H and O–H groups in total. The summed E-state index contributed by atoms with van der Waals surface area (Å²) in [7, 11) is 0. The number of aromatic amines is 1. The minimum absolute atomic E-state index is 0.468. The Hall–Kier alpha value is -2.48. The lowest BCUT2D eigenvalue weighted by atomic mass is 9.58. The Morgan fingerprint density at radius 2 is 2.08 bits per heavy atom. The van der Waals surface area contributed by atoms with Gasteiger partial charge in [-0.15, -0.1) is 5.10 Å². The van der Waals surface area contributed by atoms with Gasteiger partial charge in [0.1, 0.15) is 11.3 Å². The molecule has 8 heteroatoms. The molecule has 0 atom stereocenters. The third-order valence-corrected chi connectivity index (χ3v) is 6.02. The molecule has 2 fully saturated rings. The standard InChI is InChI=1S/C18H24N8/c19-15-6-14(16-17(22-15)24-25-23-16)5-12-9-21-26(10-12)11-13-7-18(8-13)1-3-20-4-2-18/h6,9-10,13,20H,1-5,7-8,11H2,(H3,19,22,23,24,25).